The molecule has 0 aromatic rings. The summed E-state index contributed by atoms with van der Waals surface area (Å²) in [5.74, 6) is -0.104. The van der Waals surface area contributed by atoms with Gasteiger partial charge in [-0.25, -0.2) is 0 Å². The summed E-state index contributed by atoms with van der Waals surface area (Å²) in [5.41, 5.74) is 3.12. The van der Waals surface area contributed by atoms with Crippen LogP contribution in [-0.4, -0.2) is 54.8 Å². The third-order valence-corrected chi connectivity index (χ3v) is 4.24. The predicted octanol–water partition coefficient (Wildman–Crippen LogP) is 2.56. The van der Waals surface area contributed by atoms with Crippen molar-refractivity contribution in [2.24, 2.45) is 0 Å². The van der Waals surface area contributed by atoms with Gasteiger partial charge in [0.2, 0.25) is 5.91 Å². The van der Waals surface area contributed by atoms with E-state index in [1.807, 2.05) is 35.2 Å². The number of piperazine rings is 1. The third-order valence-electron chi connectivity index (χ3n) is 4.24. The fourth-order valence-corrected chi connectivity index (χ4v) is 2.97. The molecule has 0 spiro atoms. The molecule has 128 valence electrons. The molecule has 1 aliphatic heterocycles. The first-order valence-electron chi connectivity index (χ1n) is 7.83. The normalized spacial score (nSPS) is 15.0. The highest BCUT2D eigenvalue weighted by Gasteiger charge is 2.26. The summed E-state index contributed by atoms with van der Waals surface area (Å²) < 4.78 is 0. The van der Waals surface area contributed by atoms with Gasteiger partial charge >= 0.3 is 0 Å². The van der Waals surface area contributed by atoms with Crippen molar-refractivity contribution < 1.29 is 9.59 Å². The van der Waals surface area contributed by atoms with E-state index in [2.05, 4.69) is 17.3 Å². The maximum atomic E-state index is 12.9. The van der Waals surface area contributed by atoms with Gasteiger partial charge in [-0.2, -0.15) is 0 Å². The zero-order chi connectivity index (χ0) is 16.4. The van der Waals surface area contributed by atoms with Crippen molar-refractivity contribution >= 4 is 29.9 Å². The lowest BCUT2D eigenvalue weighted by Gasteiger charge is -2.32. The lowest BCUT2D eigenvalue weighted by Crippen LogP contribution is -2.47. The van der Waals surface area contributed by atoms with E-state index >= 15 is 0 Å². The van der Waals surface area contributed by atoms with Crippen LogP contribution >= 0.6 is 12.4 Å². The van der Waals surface area contributed by atoms with Crippen LogP contribution in [0.25, 0.3) is 11.1 Å². The van der Waals surface area contributed by atoms with Gasteiger partial charge in [-0.1, -0.05) is 30.3 Å². The van der Waals surface area contributed by atoms with E-state index < -0.39 is 0 Å². The average Bonchev–Trinajstić information content (AvgIpc) is 2.71. The van der Waals surface area contributed by atoms with Crippen LogP contribution < -0.4 is 5.32 Å². The largest absolute Gasteiger partial charge is 0.336 e. The molecule has 3 rings (SSSR count). The van der Waals surface area contributed by atoms with Crippen molar-refractivity contribution in [2.75, 3.05) is 38.5 Å². The molecule has 0 saturated carbocycles. The maximum Gasteiger partial charge on any atom is 0.254 e. The summed E-state index contributed by atoms with van der Waals surface area (Å²) in [6, 6.07) is 11.4. The van der Waals surface area contributed by atoms with E-state index in [4.69, 9.17) is 0 Å². The van der Waals surface area contributed by atoms with Crippen LogP contribution in [0.15, 0.2) is 36.4 Å². The van der Waals surface area contributed by atoms with Crippen molar-refractivity contribution in [1.82, 2.24) is 9.80 Å². The summed E-state index contributed by atoms with van der Waals surface area (Å²) in [6.45, 7) is 4.71. The molecule has 5 nitrogen and oxygen atoms in total. The monoisotopic (exact) mass is 347 g/mol. The Balaban J connectivity index is 0.00000208. The Bertz CT molecular complexity index is 711. The van der Waals surface area contributed by atoms with Crippen LogP contribution in [0.1, 0.15) is 17.3 Å². The highest BCUT2D eigenvalue weighted by atomic mass is 35.5. The van der Waals surface area contributed by atoms with Crippen molar-refractivity contribution in [3.8, 4) is 11.1 Å². The molecule has 6 heteroatoms. The maximum absolute atomic E-state index is 12.9. The number of carbonyl (C=O) groups excluding carboxylic acids is 2. The van der Waals surface area contributed by atoms with Crippen LogP contribution in [0.3, 0.4) is 0 Å². The van der Waals surface area contributed by atoms with Gasteiger partial charge in [-0.3, -0.25) is 9.59 Å². The van der Waals surface area contributed by atoms with E-state index in [0.717, 1.165) is 37.3 Å². The Morgan fingerprint density at radius 2 is 1.62 bits per heavy atom. The molecule has 2 aliphatic carbocycles. The highest BCUT2D eigenvalue weighted by Crippen LogP contribution is 2.36. The molecule has 0 radical (unpaired) electrons. The molecule has 1 heterocycles. The Morgan fingerprint density at radius 1 is 1.00 bits per heavy atom. The fraction of sp³-hybridized carbons (Fsp3) is 0.333. The van der Waals surface area contributed by atoms with Crippen LogP contribution in [0.4, 0.5) is 5.69 Å². The van der Waals surface area contributed by atoms with E-state index in [1.54, 1.807) is 6.07 Å². The first-order chi connectivity index (χ1) is 11.1. The second kappa shape index (κ2) is 7.64. The van der Waals surface area contributed by atoms with E-state index in [9.17, 15) is 9.59 Å². The molecule has 1 saturated heterocycles. The van der Waals surface area contributed by atoms with Gasteiger partial charge in [-0.15, -0.1) is 12.4 Å². The van der Waals surface area contributed by atoms with Gasteiger partial charge in [-0.05, 0) is 18.7 Å². The Kier molecular flexibility index (Phi) is 5.80. The van der Waals surface area contributed by atoms with Gasteiger partial charge in [0.1, 0.15) is 0 Å². The minimum absolute atomic E-state index is 0. The van der Waals surface area contributed by atoms with Gasteiger partial charge < -0.3 is 15.1 Å². The number of likely N-dealkylation sites (N-methyl/N-ethyl adjacent to an activating group) is 1. The number of hydrogen-bond donors (Lipinski definition) is 1. The van der Waals surface area contributed by atoms with E-state index in [-0.39, 0.29) is 24.2 Å². The van der Waals surface area contributed by atoms with Gasteiger partial charge in [0.05, 0.1) is 0 Å². The third kappa shape index (κ3) is 3.68. The van der Waals surface area contributed by atoms with E-state index in [0.29, 0.717) is 11.3 Å². The van der Waals surface area contributed by atoms with Gasteiger partial charge in [0.25, 0.3) is 5.91 Å². The molecule has 1 N–H and O–H groups in total. The van der Waals surface area contributed by atoms with Crippen molar-refractivity contribution in [1.29, 1.82) is 0 Å². The van der Waals surface area contributed by atoms with Crippen LogP contribution in [0.2, 0.25) is 0 Å². The van der Waals surface area contributed by atoms with Crippen molar-refractivity contribution in [3.05, 3.63) is 42.0 Å². The predicted molar refractivity (Wildman–Crippen MR) is 98.0 cm³/mol. The number of carbonyl (C=O) groups is 2. The van der Waals surface area contributed by atoms with Crippen LogP contribution in [-0.2, 0) is 4.79 Å². The molecular formula is C18H22ClN3O2. The van der Waals surface area contributed by atoms with Crippen molar-refractivity contribution in [2.45, 2.75) is 6.92 Å². The van der Waals surface area contributed by atoms with Crippen LogP contribution in [0.5, 0.6) is 0 Å². The second-order valence-electron chi connectivity index (χ2n) is 5.99. The number of nitrogens with zero attached hydrogens (tertiary/aromatic N) is 2. The Morgan fingerprint density at radius 3 is 2.25 bits per heavy atom. The number of nitrogens with one attached hydrogen (secondary N) is 1. The molecule has 1 fully saturated rings. The summed E-state index contributed by atoms with van der Waals surface area (Å²) in [4.78, 5) is 28.5. The first-order valence-corrected chi connectivity index (χ1v) is 7.83. The standard InChI is InChI=1S/C18H21N3O2.ClH/c1-13(22)19-17-12-16(14-6-4-3-5-7-15(14)17)18(23)21-10-8-20(2)9-11-21;/h3-7,12H,8-11H2,1-2H3,(H,19,22);1H. The molecule has 2 amide bonds. The lowest BCUT2D eigenvalue weighted by molar-refractivity contribution is -0.114. The quantitative estimate of drug-likeness (QED) is 0.908. The van der Waals surface area contributed by atoms with Gasteiger partial charge in [0.15, 0.2) is 0 Å². The molecular weight excluding hydrogens is 326 g/mol. The topological polar surface area (TPSA) is 52.7 Å². The minimum atomic E-state index is -0.137. The molecule has 0 bridgehead atoms. The number of amides is 2. The zero-order valence-electron chi connectivity index (χ0n) is 13.9. The molecule has 0 unspecified atom stereocenters. The highest BCUT2D eigenvalue weighted by molar-refractivity contribution is 6.08. The molecule has 24 heavy (non-hydrogen) atoms. The van der Waals surface area contributed by atoms with Crippen molar-refractivity contribution in [3.63, 3.8) is 0 Å². The fourth-order valence-electron chi connectivity index (χ4n) is 2.97. The molecule has 0 aromatic heterocycles. The molecule has 0 aromatic carbocycles. The van der Waals surface area contributed by atoms with Gasteiger partial charge in [0, 0.05) is 49.9 Å². The lowest BCUT2D eigenvalue weighted by atomic mass is 10.1. The Hall–Kier alpha value is -2.11. The Labute approximate surface area is 148 Å². The first kappa shape index (κ1) is 18.2. The summed E-state index contributed by atoms with van der Waals surface area (Å²) >= 11 is 0. The summed E-state index contributed by atoms with van der Waals surface area (Å²) in [6.07, 6.45) is 0. The average molecular weight is 348 g/mol. The minimum Gasteiger partial charge on any atom is -0.336 e. The SMILES string of the molecule is CC(=O)Nc1cc(C(=O)N2CCN(C)CC2)c2cccccc1-2.Cl. The number of halogens is 1. The number of anilines is 1. The number of fused-ring (bicyclic) bond motifs is 1. The number of rotatable bonds is 2. The smallest absolute Gasteiger partial charge is 0.254 e. The molecule has 3 aliphatic rings. The van der Waals surface area contributed by atoms with E-state index in [1.165, 1.54) is 6.92 Å². The zero-order valence-corrected chi connectivity index (χ0v) is 14.7. The molecule has 0 atom stereocenters. The number of hydrogen-bond acceptors (Lipinski definition) is 3. The second-order valence-corrected chi connectivity index (χ2v) is 5.99. The summed E-state index contributed by atoms with van der Waals surface area (Å²) in [7, 11) is 2.06. The summed E-state index contributed by atoms with van der Waals surface area (Å²) in [5, 5.41) is 2.83. The van der Waals surface area contributed by atoms with Crippen LogP contribution in [0, 0.1) is 0 Å².